The summed E-state index contributed by atoms with van der Waals surface area (Å²) in [5.41, 5.74) is 1.66. The molecule has 2 atom stereocenters. The number of amides is 2. The van der Waals surface area contributed by atoms with E-state index in [9.17, 15) is 14.4 Å². The first-order valence-electron chi connectivity index (χ1n) is 13.2. The highest BCUT2D eigenvalue weighted by atomic mass is 16.6. The minimum absolute atomic E-state index is 0.0529. The first-order valence-corrected chi connectivity index (χ1v) is 13.2. The molecule has 0 spiro atoms. The number of rotatable bonds is 13. The fraction of sp³-hybridized carbons (Fsp3) is 0.500. The highest BCUT2D eigenvalue weighted by molar-refractivity contribution is 5.90. The van der Waals surface area contributed by atoms with Crippen LogP contribution in [0.3, 0.4) is 0 Å². The number of hydrogen-bond donors (Lipinski definition) is 2. The molecule has 0 aliphatic carbocycles. The number of carbonyl (C=O) groups is 3. The molecule has 2 amide bonds. The summed E-state index contributed by atoms with van der Waals surface area (Å²) in [6, 6.07) is 11.2. The summed E-state index contributed by atoms with van der Waals surface area (Å²) < 4.78 is 22.0. The fourth-order valence-electron chi connectivity index (χ4n) is 4.01. The summed E-state index contributed by atoms with van der Waals surface area (Å²) in [6.07, 6.45) is 1.12. The number of alkyl carbamates (subject to hydrolysis) is 1. The van der Waals surface area contributed by atoms with Gasteiger partial charge in [-0.25, -0.2) is 4.79 Å². The molecule has 0 heterocycles. The molecule has 2 aromatic carbocycles. The number of benzene rings is 2. The van der Waals surface area contributed by atoms with E-state index < -0.39 is 35.7 Å². The van der Waals surface area contributed by atoms with Gasteiger partial charge >= 0.3 is 12.1 Å². The van der Waals surface area contributed by atoms with Crippen molar-refractivity contribution in [1.29, 1.82) is 0 Å². The van der Waals surface area contributed by atoms with E-state index in [-0.39, 0.29) is 13.0 Å². The molecule has 0 saturated heterocycles. The van der Waals surface area contributed by atoms with Crippen molar-refractivity contribution in [2.45, 2.75) is 84.6 Å². The molecule has 214 valence electrons. The Labute approximate surface area is 231 Å². The predicted octanol–water partition coefficient (Wildman–Crippen LogP) is 5.39. The van der Waals surface area contributed by atoms with E-state index in [2.05, 4.69) is 17.6 Å². The van der Waals surface area contributed by atoms with Crippen molar-refractivity contribution >= 4 is 18.0 Å². The SMILES string of the molecule is CCCCC(NC(=O)C(CC(=O)OCc1ccccc1)NC(=O)OC(C)(C)C)c1c(OC)cc(C)cc1OC. The zero-order valence-electron chi connectivity index (χ0n) is 24.1. The average Bonchev–Trinajstić information content (AvgIpc) is 2.88. The Hall–Kier alpha value is -3.75. The lowest BCUT2D eigenvalue weighted by atomic mass is 9.97. The number of carbonyl (C=O) groups excluding carboxylic acids is 3. The van der Waals surface area contributed by atoms with Crippen LogP contribution >= 0.6 is 0 Å². The lowest BCUT2D eigenvalue weighted by Gasteiger charge is -2.27. The number of methoxy groups -OCH3 is 2. The number of hydrogen-bond acceptors (Lipinski definition) is 7. The van der Waals surface area contributed by atoms with Crippen LogP contribution in [0.4, 0.5) is 4.79 Å². The molecule has 2 rings (SSSR count). The summed E-state index contributed by atoms with van der Waals surface area (Å²) in [5.74, 6) is -0.0340. The molecule has 2 aromatic rings. The average molecular weight is 543 g/mol. The molecule has 0 bridgehead atoms. The Bertz CT molecular complexity index is 1070. The largest absolute Gasteiger partial charge is 0.496 e. The molecule has 0 aliphatic heterocycles. The smallest absolute Gasteiger partial charge is 0.408 e. The molecule has 9 heteroatoms. The second kappa shape index (κ2) is 15.0. The molecular weight excluding hydrogens is 500 g/mol. The van der Waals surface area contributed by atoms with Crippen LogP contribution in [0.25, 0.3) is 0 Å². The van der Waals surface area contributed by atoms with E-state index >= 15 is 0 Å². The first-order chi connectivity index (χ1) is 18.5. The van der Waals surface area contributed by atoms with Gasteiger partial charge in [-0.15, -0.1) is 0 Å². The van der Waals surface area contributed by atoms with Crippen molar-refractivity contribution in [1.82, 2.24) is 10.6 Å². The van der Waals surface area contributed by atoms with Gasteiger partial charge in [-0.05, 0) is 57.4 Å². The van der Waals surface area contributed by atoms with E-state index in [4.69, 9.17) is 18.9 Å². The molecule has 0 aliphatic rings. The first kappa shape index (κ1) is 31.5. The lowest BCUT2D eigenvalue weighted by Crippen LogP contribution is -2.50. The minimum atomic E-state index is -1.23. The van der Waals surface area contributed by atoms with Crippen LogP contribution in [0.5, 0.6) is 11.5 Å². The van der Waals surface area contributed by atoms with Crippen LogP contribution in [-0.4, -0.2) is 43.8 Å². The predicted molar refractivity (Wildman–Crippen MR) is 149 cm³/mol. The van der Waals surface area contributed by atoms with Gasteiger partial charge in [-0.3, -0.25) is 9.59 Å². The van der Waals surface area contributed by atoms with Crippen molar-refractivity contribution in [2.24, 2.45) is 0 Å². The third-order valence-corrected chi connectivity index (χ3v) is 5.82. The van der Waals surface area contributed by atoms with E-state index in [1.54, 1.807) is 35.0 Å². The fourth-order valence-corrected chi connectivity index (χ4v) is 4.01. The minimum Gasteiger partial charge on any atom is -0.496 e. The molecule has 0 saturated carbocycles. The summed E-state index contributed by atoms with van der Waals surface area (Å²) in [7, 11) is 3.12. The lowest BCUT2D eigenvalue weighted by molar-refractivity contribution is -0.147. The maximum Gasteiger partial charge on any atom is 0.408 e. The number of nitrogens with one attached hydrogen (secondary N) is 2. The van der Waals surface area contributed by atoms with Crippen LogP contribution < -0.4 is 20.1 Å². The molecule has 0 fully saturated rings. The van der Waals surface area contributed by atoms with Gasteiger partial charge in [0.1, 0.15) is 29.7 Å². The monoisotopic (exact) mass is 542 g/mol. The van der Waals surface area contributed by atoms with Gasteiger partial charge in [-0.2, -0.15) is 0 Å². The van der Waals surface area contributed by atoms with E-state index in [1.807, 2.05) is 49.4 Å². The molecule has 0 aromatic heterocycles. The Kier molecular flexibility index (Phi) is 12.1. The highest BCUT2D eigenvalue weighted by Crippen LogP contribution is 2.37. The van der Waals surface area contributed by atoms with Gasteiger partial charge in [0.05, 0.1) is 32.2 Å². The molecule has 2 unspecified atom stereocenters. The molecule has 0 radical (unpaired) electrons. The van der Waals surface area contributed by atoms with Gasteiger partial charge in [-0.1, -0.05) is 50.1 Å². The topological polar surface area (TPSA) is 112 Å². The van der Waals surface area contributed by atoms with Gasteiger partial charge in [0.25, 0.3) is 0 Å². The number of esters is 1. The van der Waals surface area contributed by atoms with Crippen molar-refractivity contribution in [3.8, 4) is 11.5 Å². The zero-order valence-corrected chi connectivity index (χ0v) is 24.1. The third-order valence-electron chi connectivity index (χ3n) is 5.82. The normalized spacial score (nSPS) is 12.6. The zero-order chi connectivity index (χ0) is 29.0. The van der Waals surface area contributed by atoms with Crippen LogP contribution in [0.2, 0.25) is 0 Å². The van der Waals surface area contributed by atoms with Gasteiger partial charge in [0.15, 0.2) is 0 Å². The van der Waals surface area contributed by atoms with Gasteiger partial charge in [0, 0.05) is 0 Å². The highest BCUT2D eigenvalue weighted by Gasteiger charge is 2.31. The third kappa shape index (κ3) is 10.5. The van der Waals surface area contributed by atoms with E-state index in [0.29, 0.717) is 23.5 Å². The molecular formula is C30H42N2O7. The van der Waals surface area contributed by atoms with Crippen LogP contribution in [0.1, 0.15) is 76.1 Å². The summed E-state index contributed by atoms with van der Waals surface area (Å²) in [5, 5.41) is 5.55. The van der Waals surface area contributed by atoms with E-state index in [1.165, 1.54) is 0 Å². The van der Waals surface area contributed by atoms with Crippen molar-refractivity contribution < 1.29 is 33.3 Å². The molecule has 9 nitrogen and oxygen atoms in total. The van der Waals surface area contributed by atoms with Crippen molar-refractivity contribution in [3.05, 3.63) is 59.2 Å². The summed E-state index contributed by atoms with van der Waals surface area (Å²) >= 11 is 0. The Morgan fingerprint density at radius 3 is 2.10 bits per heavy atom. The van der Waals surface area contributed by atoms with Gasteiger partial charge < -0.3 is 29.6 Å². The van der Waals surface area contributed by atoms with Crippen LogP contribution in [-0.2, 0) is 25.7 Å². The van der Waals surface area contributed by atoms with Crippen LogP contribution in [0, 0.1) is 6.92 Å². The number of aryl methyl sites for hydroxylation is 1. The van der Waals surface area contributed by atoms with Crippen molar-refractivity contribution in [2.75, 3.05) is 14.2 Å². The maximum atomic E-state index is 13.6. The molecule has 39 heavy (non-hydrogen) atoms. The van der Waals surface area contributed by atoms with Crippen LogP contribution in [0.15, 0.2) is 42.5 Å². The second-order valence-electron chi connectivity index (χ2n) is 10.3. The standard InChI is InChI=1S/C30H42N2O7/c1-8-9-15-22(27-24(36-6)16-20(2)17-25(27)37-7)31-28(34)23(32-29(35)39-30(3,4)5)18-26(33)38-19-21-13-11-10-12-14-21/h10-14,16-17,22-23H,8-9,15,18-19H2,1-7H3,(H,31,34)(H,32,35). The Balaban J connectivity index is 2.30. The van der Waals surface area contributed by atoms with Crippen molar-refractivity contribution in [3.63, 3.8) is 0 Å². The molecule has 2 N–H and O–H groups in total. The number of ether oxygens (including phenoxy) is 4. The number of unbranched alkanes of at least 4 members (excludes halogenated alkanes) is 1. The Morgan fingerprint density at radius 1 is 0.949 bits per heavy atom. The quantitative estimate of drug-likeness (QED) is 0.327. The summed E-state index contributed by atoms with van der Waals surface area (Å²) in [6.45, 7) is 9.18. The van der Waals surface area contributed by atoms with E-state index in [0.717, 1.165) is 24.0 Å². The summed E-state index contributed by atoms with van der Waals surface area (Å²) in [4.78, 5) is 38.9. The van der Waals surface area contributed by atoms with Gasteiger partial charge in [0.2, 0.25) is 5.91 Å². The Morgan fingerprint density at radius 2 is 1.56 bits per heavy atom. The second-order valence-corrected chi connectivity index (χ2v) is 10.3. The maximum absolute atomic E-state index is 13.6.